The summed E-state index contributed by atoms with van der Waals surface area (Å²) in [6.07, 6.45) is 3.48. The van der Waals surface area contributed by atoms with Crippen molar-refractivity contribution in [3.8, 4) is 11.4 Å². The Morgan fingerprint density at radius 1 is 0.969 bits per heavy atom. The number of thioether (sulfide) groups is 1. The third-order valence-corrected chi connectivity index (χ3v) is 5.99. The van der Waals surface area contributed by atoms with Crippen LogP contribution in [0.25, 0.3) is 11.4 Å². The molecule has 0 saturated carbocycles. The Bertz CT molecular complexity index is 1180. The van der Waals surface area contributed by atoms with Gasteiger partial charge < -0.3 is 5.32 Å². The van der Waals surface area contributed by atoms with E-state index in [4.69, 9.17) is 0 Å². The molecule has 0 saturated heterocycles. The molecule has 162 valence electrons. The van der Waals surface area contributed by atoms with Gasteiger partial charge in [0.2, 0.25) is 5.91 Å². The largest absolute Gasteiger partial charge is 0.325 e. The smallest absolute Gasteiger partial charge is 0.234 e. The van der Waals surface area contributed by atoms with Crippen LogP contribution in [-0.4, -0.2) is 31.4 Å². The molecule has 0 fully saturated rings. The highest BCUT2D eigenvalue weighted by atomic mass is 32.2. The van der Waals surface area contributed by atoms with Crippen LogP contribution in [0.1, 0.15) is 30.9 Å². The van der Waals surface area contributed by atoms with E-state index in [1.54, 1.807) is 12.4 Å². The summed E-state index contributed by atoms with van der Waals surface area (Å²) >= 11 is 1.39. The molecule has 0 radical (unpaired) electrons. The second-order valence-corrected chi connectivity index (χ2v) is 8.64. The monoisotopic (exact) mass is 443 g/mol. The molecular weight excluding hydrogens is 418 g/mol. The van der Waals surface area contributed by atoms with Gasteiger partial charge in [0.05, 0.1) is 12.3 Å². The molecule has 0 atom stereocenters. The van der Waals surface area contributed by atoms with Crippen molar-refractivity contribution in [2.45, 2.75) is 31.5 Å². The molecule has 1 N–H and O–H groups in total. The molecule has 0 aliphatic heterocycles. The van der Waals surface area contributed by atoms with Crippen LogP contribution in [0.2, 0.25) is 0 Å². The number of hydrogen-bond donors (Lipinski definition) is 1. The van der Waals surface area contributed by atoms with Gasteiger partial charge in [-0.3, -0.25) is 14.3 Å². The first kappa shape index (κ1) is 21.8. The molecule has 7 heteroatoms. The van der Waals surface area contributed by atoms with Crippen molar-refractivity contribution in [1.29, 1.82) is 0 Å². The second-order valence-electron chi connectivity index (χ2n) is 7.69. The van der Waals surface area contributed by atoms with Gasteiger partial charge in [0.1, 0.15) is 0 Å². The number of benzene rings is 2. The molecule has 0 unspecified atom stereocenters. The van der Waals surface area contributed by atoms with Crippen LogP contribution in [0.15, 0.2) is 84.3 Å². The Morgan fingerprint density at radius 2 is 1.69 bits per heavy atom. The summed E-state index contributed by atoms with van der Waals surface area (Å²) in [5, 5.41) is 12.5. The molecule has 0 aliphatic rings. The first-order chi connectivity index (χ1) is 15.6. The summed E-state index contributed by atoms with van der Waals surface area (Å²) in [7, 11) is 0. The summed E-state index contributed by atoms with van der Waals surface area (Å²) in [6, 6.07) is 21.9. The first-order valence-electron chi connectivity index (χ1n) is 10.5. The van der Waals surface area contributed by atoms with Crippen LogP contribution >= 0.6 is 11.8 Å². The number of aromatic nitrogens is 4. The Morgan fingerprint density at radius 3 is 2.44 bits per heavy atom. The van der Waals surface area contributed by atoms with Crippen molar-refractivity contribution >= 4 is 23.4 Å². The summed E-state index contributed by atoms with van der Waals surface area (Å²) in [4.78, 5) is 16.8. The van der Waals surface area contributed by atoms with E-state index < -0.39 is 0 Å². The molecule has 0 bridgehead atoms. The van der Waals surface area contributed by atoms with E-state index in [1.165, 1.54) is 11.8 Å². The van der Waals surface area contributed by atoms with Gasteiger partial charge in [-0.05, 0) is 35.2 Å². The number of rotatable bonds is 8. The van der Waals surface area contributed by atoms with Crippen LogP contribution in [0.4, 0.5) is 5.69 Å². The van der Waals surface area contributed by atoms with Gasteiger partial charge in [0, 0.05) is 23.6 Å². The second kappa shape index (κ2) is 10.2. The van der Waals surface area contributed by atoms with Gasteiger partial charge in [-0.15, -0.1) is 10.2 Å². The number of carbonyl (C=O) groups is 1. The zero-order valence-electron chi connectivity index (χ0n) is 18.1. The van der Waals surface area contributed by atoms with Gasteiger partial charge >= 0.3 is 0 Å². The van der Waals surface area contributed by atoms with E-state index in [9.17, 15) is 4.79 Å². The molecule has 4 rings (SSSR count). The normalized spacial score (nSPS) is 11.0. The van der Waals surface area contributed by atoms with E-state index in [2.05, 4.69) is 46.5 Å². The number of nitrogens with zero attached hydrogens (tertiary/aromatic N) is 4. The van der Waals surface area contributed by atoms with Crippen LogP contribution in [0, 0.1) is 0 Å². The van der Waals surface area contributed by atoms with Crippen LogP contribution in [0.3, 0.4) is 0 Å². The lowest BCUT2D eigenvalue weighted by molar-refractivity contribution is -0.113. The Kier molecular flexibility index (Phi) is 6.97. The zero-order chi connectivity index (χ0) is 22.3. The molecule has 32 heavy (non-hydrogen) atoms. The van der Waals surface area contributed by atoms with Crippen molar-refractivity contribution in [2.75, 3.05) is 11.1 Å². The Hall–Kier alpha value is -3.45. The molecule has 6 nitrogen and oxygen atoms in total. The minimum atomic E-state index is -0.0668. The molecule has 1 amide bonds. The van der Waals surface area contributed by atoms with Crippen molar-refractivity contribution in [3.05, 3.63) is 90.3 Å². The van der Waals surface area contributed by atoms with Gasteiger partial charge in [0.15, 0.2) is 11.0 Å². The predicted molar refractivity (Wildman–Crippen MR) is 129 cm³/mol. The summed E-state index contributed by atoms with van der Waals surface area (Å²) in [5.74, 6) is 1.26. The Balaban J connectivity index is 1.53. The van der Waals surface area contributed by atoms with Crippen molar-refractivity contribution in [2.24, 2.45) is 0 Å². The minimum Gasteiger partial charge on any atom is -0.325 e. The van der Waals surface area contributed by atoms with Crippen molar-refractivity contribution in [3.63, 3.8) is 0 Å². The lowest BCUT2D eigenvalue weighted by Gasteiger charge is -2.14. The third-order valence-electron chi connectivity index (χ3n) is 5.03. The minimum absolute atomic E-state index is 0.0668. The molecule has 2 aromatic heterocycles. The topological polar surface area (TPSA) is 72.7 Å². The fourth-order valence-corrected chi connectivity index (χ4v) is 4.19. The van der Waals surface area contributed by atoms with E-state index >= 15 is 0 Å². The van der Waals surface area contributed by atoms with Gasteiger partial charge in [-0.1, -0.05) is 74.1 Å². The van der Waals surface area contributed by atoms with Gasteiger partial charge in [-0.2, -0.15) is 0 Å². The predicted octanol–water partition coefficient (Wildman–Crippen LogP) is 5.24. The average Bonchev–Trinajstić information content (AvgIpc) is 3.21. The fourth-order valence-electron chi connectivity index (χ4n) is 3.45. The van der Waals surface area contributed by atoms with Crippen molar-refractivity contribution < 1.29 is 4.79 Å². The summed E-state index contributed by atoms with van der Waals surface area (Å²) in [5.41, 5.74) is 4.06. The molecule has 4 aromatic rings. The maximum Gasteiger partial charge on any atom is 0.234 e. The Labute approximate surface area is 192 Å². The molecular formula is C25H25N5OS. The molecule has 2 heterocycles. The highest BCUT2D eigenvalue weighted by Crippen LogP contribution is 2.26. The number of amides is 1. The van der Waals surface area contributed by atoms with Gasteiger partial charge in [-0.25, -0.2) is 0 Å². The highest BCUT2D eigenvalue weighted by Gasteiger charge is 2.17. The van der Waals surface area contributed by atoms with Crippen LogP contribution in [-0.2, 0) is 11.3 Å². The average molecular weight is 444 g/mol. The number of hydrogen-bond acceptors (Lipinski definition) is 5. The summed E-state index contributed by atoms with van der Waals surface area (Å²) in [6.45, 7) is 4.85. The summed E-state index contributed by atoms with van der Waals surface area (Å²) < 4.78 is 2.05. The van der Waals surface area contributed by atoms with Gasteiger partial charge in [0.25, 0.3) is 0 Å². The maximum absolute atomic E-state index is 12.7. The van der Waals surface area contributed by atoms with E-state index in [0.29, 0.717) is 17.6 Å². The number of anilines is 1. The van der Waals surface area contributed by atoms with Crippen molar-refractivity contribution in [1.82, 2.24) is 19.7 Å². The highest BCUT2D eigenvalue weighted by molar-refractivity contribution is 7.99. The maximum atomic E-state index is 12.7. The zero-order valence-corrected chi connectivity index (χ0v) is 18.9. The molecule has 0 aliphatic carbocycles. The number of nitrogens with one attached hydrogen (secondary N) is 1. The first-order valence-corrected chi connectivity index (χ1v) is 11.5. The van der Waals surface area contributed by atoms with E-state index in [1.807, 2.05) is 59.2 Å². The van der Waals surface area contributed by atoms with Crippen LogP contribution in [0.5, 0.6) is 0 Å². The number of pyridine rings is 1. The fraction of sp³-hybridized carbons (Fsp3) is 0.200. The number of carbonyl (C=O) groups excluding carboxylic acids is 1. The SMILES string of the molecule is CC(C)c1ccccc1NC(=O)CSc1nnc(-c2ccncc2)n1Cc1ccccc1. The number of para-hydroxylation sites is 1. The van der Waals surface area contributed by atoms with Crippen LogP contribution < -0.4 is 5.32 Å². The molecule has 0 spiro atoms. The third kappa shape index (κ3) is 5.23. The lowest BCUT2D eigenvalue weighted by Crippen LogP contribution is -2.16. The van der Waals surface area contributed by atoms with E-state index in [-0.39, 0.29) is 11.7 Å². The standard InChI is InChI=1S/C25H25N5OS/c1-18(2)21-10-6-7-11-22(21)27-23(31)17-32-25-29-28-24(20-12-14-26-15-13-20)30(25)16-19-8-4-3-5-9-19/h3-15,18H,16-17H2,1-2H3,(H,27,31). The van der Waals surface area contributed by atoms with E-state index in [0.717, 1.165) is 28.2 Å². The quantitative estimate of drug-likeness (QED) is 0.377. The lowest BCUT2D eigenvalue weighted by atomic mass is 10.0. The molecule has 2 aromatic carbocycles.